The molecule has 1 atom stereocenters. The van der Waals surface area contributed by atoms with Crippen molar-refractivity contribution in [2.45, 2.75) is 19.4 Å². The molecule has 0 spiro atoms. The fraction of sp³-hybridized carbons (Fsp3) is 0.240. The van der Waals surface area contributed by atoms with Crippen molar-refractivity contribution in [3.8, 4) is 22.6 Å². The van der Waals surface area contributed by atoms with E-state index in [0.717, 1.165) is 22.3 Å². The quantitative estimate of drug-likeness (QED) is 0.648. The third-order valence-corrected chi connectivity index (χ3v) is 5.67. The van der Waals surface area contributed by atoms with Crippen LogP contribution in [0.5, 0.6) is 11.5 Å². The number of nitrogens with one attached hydrogen (secondary N) is 1. The molecule has 33 heavy (non-hydrogen) atoms. The van der Waals surface area contributed by atoms with Crippen LogP contribution < -0.4 is 14.8 Å². The van der Waals surface area contributed by atoms with E-state index in [9.17, 15) is 9.18 Å². The van der Waals surface area contributed by atoms with Crippen molar-refractivity contribution in [3.63, 3.8) is 0 Å². The van der Waals surface area contributed by atoms with Gasteiger partial charge in [0.1, 0.15) is 5.82 Å². The molecule has 1 unspecified atom stereocenters. The molecule has 0 saturated heterocycles. The minimum atomic E-state index is -0.390. The average molecular weight is 448 g/mol. The zero-order valence-electron chi connectivity index (χ0n) is 18.9. The summed E-state index contributed by atoms with van der Waals surface area (Å²) >= 11 is 0. The van der Waals surface area contributed by atoms with Gasteiger partial charge >= 0.3 is 6.03 Å². The fourth-order valence-corrected chi connectivity index (χ4v) is 3.97. The van der Waals surface area contributed by atoms with Crippen molar-refractivity contribution >= 4 is 11.7 Å². The van der Waals surface area contributed by atoms with Crippen molar-refractivity contribution in [1.29, 1.82) is 0 Å². The Bertz CT molecular complexity index is 1210. The number of hydrogen-bond donors (Lipinski definition) is 1. The molecular formula is C25H25FN4O3. The number of nitrogens with zero attached hydrogens (tertiary/aromatic N) is 3. The molecular weight excluding hydrogens is 423 g/mol. The van der Waals surface area contributed by atoms with E-state index in [1.807, 2.05) is 43.3 Å². The number of hydrazone groups is 1. The average Bonchev–Trinajstić information content (AvgIpc) is 2.98. The maximum Gasteiger partial charge on any atom is 0.337 e. The Kier molecular flexibility index (Phi) is 6.26. The van der Waals surface area contributed by atoms with Gasteiger partial charge in [-0.15, -0.1) is 0 Å². The molecule has 0 bridgehead atoms. The van der Waals surface area contributed by atoms with Gasteiger partial charge in [-0.1, -0.05) is 24.3 Å². The molecule has 0 saturated carbocycles. The fourth-order valence-electron chi connectivity index (χ4n) is 3.97. The lowest BCUT2D eigenvalue weighted by molar-refractivity contribution is 0.184. The molecule has 2 aromatic carbocycles. The van der Waals surface area contributed by atoms with Crippen molar-refractivity contribution < 1.29 is 18.7 Å². The Morgan fingerprint density at radius 1 is 1.06 bits per heavy atom. The SMILES string of the molecule is CNC(=O)N1N=C(c2ccc(-c3ccncc3F)cc2)c2cc(OC)c(OC)cc2CC1C. The van der Waals surface area contributed by atoms with Crippen LogP contribution in [0.25, 0.3) is 11.1 Å². The standard InChI is InChI=1S/C25H25FN4O3/c1-15-11-18-12-22(32-3)23(33-4)13-20(18)24(29-30(15)25(31)27-2)17-7-5-16(6-8-17)19-9-10-28-14-21(19)26/h5-10,12-15H,11H2,1-4H3,(H,27,31). The number of fused-ring (bicyclic) bond motifs is 1. The first-order valence-electron chi connectivity index (χ1n) is 10.5. The van der Waals surface area contributed by atoms with Crippen molar-refractivity contribution in [2.24, 2.45) is 5.10 Å². The van der Waals surface area contributed by atoms with Crippen molar-refractivity contribution in [2.75, 3.05) is 21.3 Å². The van der Waals surface area contributed by atoms with Crippen LogP contribution in [0.4, 0.5) is 9.18 Å². The number of benzene rings is 2. The van der Waals surface area contributed by atoms with E-state index in [1.165, 1.54) is 11.2 Å². The minimum Gasteiger partial charge on any atom is -0.493 e. The number of urea groups is 1. The van der Waals surface area contributed by atoms with Crippen LogP contribution in [0.1, 0.15) is 23.6 Å². The number of rotatable bonds is 4. The minimum absolute atomic E-state index is 0.190. The molecule has 1 aliphatic rings. The molecule has 3 aromatic rings. The second-order valence-corrected chi connectivity index (χ2v) is 7.70. The lowest BCUT2D eigenvalue weighted by Gasteiger charge is -2.22. The van der Waals surface area contributed by atoms with Gasteiger partial charge in [0, 0.05) is 29.9 Å². The highest BCUT2D eigenvalue weighted by Crippen LogP contribution is 2.35. The first kappa shape index (κ1) is 22.3. The van der Waals surface area contributed by atoms with Crippen molar-refractivity contribution in [1.82, 2.24) is 15.3 Å². The summed E-state index contributed by atoms with van der Waals surface area (Å²) < 4.78 is 25.2. The second kappa shape index (κ2) is 9.28. The normalized spacial score (nSPS) is 15.2. The maximum absolute atomic E-state index is 14.2. The summed E-state index contributed by atoms with van der Waals surface area (Å²) in [7, 11) is 4.74. The van der Waals surface area contributed by atoms with Crippen LogP contribution in [-0.4, -0.2) is 49.0 Å². The van der Waals surface area contributed by atoms with Gasteiger partial charge in [-0.05, 0) is 42.7 Å². The number of methoxy groups -OCH3 is 2. The number of halogens is 1. The van der Waals surface area contributed by atoms with Crippen molar-refractivity contribution in [3.05, 3.63) is 77.4 Å². The van der Waals surface area contributed by atoms with Crippen LogP contribution in [0.15, 0.2) is 60.0 Å². The lowest BCUT2D eigenvalue weighted by atomic mass is 9.93. The zero-order chi connectivity index (χ0) is 23.5. The number of aromatic nitrogens is 1. The number of carbonyl (C=O) groups is 1. The van der Waals surface area contributed by atoms with Crippen LogP contribution in [0.2, 0.25) is 0 Å². The predicted octanol–water partition coefficient (Wildman–Crippen LogP) is 4.24. The Balaban J connectivity index is 1.86. The third-order valence-electron chi connectivity index (χ3n) is 5.67. The second-order valence-electron chi connectivity index (χ2n) is 7.70. The zero-order valence-corrected chi connectivity index (χ0v) is 18.9. The first-order chi connectivity index (χ1) is 16.0. The summed E-state index contributed by atoms with van der Waals surface area (Å²) in [6.45, 7) is 1.94. The largest absolute Gasteiger partial charge is 0.493 e. The summed E-state index contributed by atoms with van der Waals surface area (Å²) in [6.07, 6.45) is 3.33. The molecule has 7 nitrogen and oxygen atoms in total. The van der Waals surface area contributed by atoms with Crippen LogP contribution in [-0.2, 0) is 6.42 Å². The number of hydrogen-bond acceptors (Lipinski definition) is 5. The molecule has 1 N–H and O–H groups in total. The Hall–Kier alpha value is -3.94. The summed E-state index contributed by atoms with van der Waals surface area (Å²) in [6, 6.07) is 12.3. The van der Waals surface area contributed by atoms with Crippen LogP contribution in [0.3, 0.4) is 0 Å². The van der Waals surface area contributed by atoms with Gasteiger partial charge in [0.2, 0.25) is 0 Å². The van der Waals surface area contributed by atoms with Crippen LogP contribution >= 0.6 is 0 Å². The monoisotopic (exact) mass is 448 g/mol. The van der Waals surface area contributed by atoms with Gasteiger partial charge in [0.25, 0.3) is 0 Å². The molecule has 0 aliphatic carbocycles. The topological polar surface area (TPSA) is 76.1 Å². The van der Waals surface area contributed by atoms with E-state index in [1.54, 1.807) is 33.5 Å². The number of carbonyl (C=O) groups excluding carboxylic acids is 1. The molecule has 8 heteroatoms. The van der Waals surface area contributed by atoms with E-state index in [0.29, 0.717) is 29.2 Å². The molecule has 2 amide bonds. The van der Waals surface area contributed by atoms with E-state index in [-0.39, 0.29) is 17.9 Å². The summed E-state index contributed by atoms with van der Waals surface area (Å²) in [5.41, 5.74) is 4.40. The number of ether oxygens (including phenoxy) is 2. The Morgan fingerprint density at radius 3 is 2.36 bits per heavy atom. The molecule has 4 rings (SSSR count). The van der Waals surface area contributed by atoms with E-state index >= 15 is 0 Å². The first-order valence-corrected chi connectivity index (χ1v) is 10.5. The highest BCUT2D eigenvalue weighted by molar-refractivity contribution is 6.14. The van der Waals surface area contributed by atoms with Gasteiger partial charge in [-0.2, -0.15) is 5.10 Å². The van der Waals surface area contributed by atoms with Crippen LogP contribution in [0, 0.1) is 5.82 Å². The number of amides is 2. The summed E-state index contributed by atoms with van der Waals surface area (Å²) in [4.78, 5) is 16.4. The predicted molar refractivity (Wildman–Crippen MR) is 124 cm³/mol. The molecule has 0 fully saturated rings. The lowest BCUT2D eigenvalue weighted by Crippen LogP contribution is -2.41. The van der Waals surface area contributed by atoms with Gasteiger partial charge in [-0.25, -0.2) is 14.2 Å². The molecule has 2 heterocycles. The van der Waals surface area contributed by atoms with Gasteiger partial charge in [0.05, 0.1) is 32.2 Å². The summed E-state index contributed by atoms with van der Waals surface area (Å²) in [5, 5.41) is 8.85. The summed E-state index contributed by atoms with van der Waals surface area (Å²) in [5.74, 6) is 0.791. The Labute approximate surface area is 191 Å². The molecule has 1 aromatic heterocycles. The van der Waals surface area contributed by atoms with E-state index in [4.69, 9.17) is 14.6 Å². The Morgan fingerprint density at radius 2 is 1.73 bits per heavy atom. The molecule has 170 valence electrons. The highest BCUT2D eigenvalue weighted by Gasteiger charge is 2.28. The molecule has 0 radical (unpaired) electrons. The smallest absolute Gasteiger partial charge is 0.337 e. The van der Waals surface area contributed by atoms with Gasteiger partial charge in [0.15, 0.2) is 11.5 Å². The van der Waals surface area contributed by atoms with E-state index < -0.39 is 0 Å². The maximum atomic E-state index is 14.2. The van der Waals surface area contributed by atoms with Gasteiger partial charge < -0.3 is 14.8 Å². The third kappa shape index (κ3) is 4.24. The highest BCUT2D eigenvalue weighted by atomic mass is 19.1. The molecule has 1 aliphatic heterocycles. The van der Waals surface area contributed by atoms with E-state index in [2.05, 4.69) is 10.3 Å². The van der Waals surface area contributed by atoms with Gasteiger partial charge in [-0.3, -0.25) is 4.98 Å². The number of pyridine rings is 1.